The Kier molecular flexibility index (Phi) is 5.80. The van der Waals surface area contributed by atoms with Gasteiger partial charge in [-0.25, -0.2) is 4.39 Å². The van der Waals surface area contributed by atoms with Crippen molar-refractivity contribution in [1.82, 2.24) is 10.2 Å². The van der Waals surface area contributed by atoms with Crippen LogP contribution in [0.1, 0.15) is 34.6 Å². The average molecular weight is 435 g/mol. The van der Waals surface area contributed by atoms with E-state index in [9.17, 15) is 14.0 Å². The zero-order chi connectivity index (χ0) is 22.7. The molecule has 0 saturated carbocycles. The summed E-state index contributed by atoms with van der Waals surface area (Å²) in [5, 5.41) is 10.4. The van der Waals surface area contributed by atoms with Crippen molar-refractivity contribution < 1.29 is 27.6 Å². The third kappa shape index (κ3) is 4.27. The average Bonchev–Trinajstić information content (AvgIpc) is 3.47. The van der Waals surface area contributed by atoms with Crippen molar-refractivity contribution >= 4 is 17.4 Å². The van der Waals surface area contributed by atoms with Gasteiger partial charge in [-0.1, -0.05) is 0 Å². The molecular weight excluding hydrogens is 417 g/mol. The lowest BCUT2D eigenvalue weighted by molar-refractivity contribution is 0.101. The Labute approximate surface area is 182 Å². The van der Waals surface area contributed by atoms with E-state index in [2.05, 4.69) is 15.5 Å². The molecule has 0 bridgehead atoms. The van der Waals surface area contributed by atoms with Crippen LogP contribution in [0.25, 0.3) is 23.1 Å². The molecule has 0 unspecified atom stereocenters. The van der Waals surface area contributed by atoms with E-state index >= 15 is 0 Å². The number of carbonyl (C=O) groups is 2. The third-order valence-electron chi connectivity index (χ3n) is 4.55. The number of halogens is 1. The summed E-state index contributed by atoms with van der Waals surface area (Å²) in [6.07, 6.45) is 1.47. The number of benzene rings is 2. The van der Waals surface area contributed by atoms with Crippen molar-refractivity contribution in [1.29, 1.82) is 0 Å². The van der Waals surface area contributed by atoms with Gasteiger partial charge in [0.1, 0.15) is 11.6 Å². The van der Waals surface area contributed by atoms with Crippen molar-refractivity contribution in [3.8, 4) is 28.9 Å². The third-order valence-corrected chi connectivity index (χ3v) is 4.55. The first-order valence-electron chi connectivity index (χ1n) is 9.72. The van der Waals surface area contributed by atoms with Gasteiger partial charge in [-0.05, 0) is 62.4 Å². The summed E-state index contributed by atoms with van der Waals surface area (Å²) in [6, 6.07) is 11.9. The molecule has 1 amide bonds. The molecule has 2 aromatic carbocycles. The second-order valence-electron chi connectivity index (χ2n) is 6.74. The van der Waals surface area contributed by atoms with E-state index in [1.165, 1.54) is 43.5 Å². The van der Waals surface area contributed by atoms with Gasteiger partial charge in [-0.2, -0.15) is 0 Å². The number of carbonyl (C=O) groups excluding carboxylic acids is 2. The zero-order valence-electron chi connectivity index (χ0n) is 17.2. The quantitative estimate of drug-likeness (QED) is 0.408. The maximum atomic E-state index is 14.5. The summed E-state index contributed by atoms with van der Waals surface area (Å²) in [7, 11) is 0. The van der Waals surface area contributed by atoms with E-state index in [1.807, 2.05) is 0 Å². The van der Waals surface area contributed by atoms with Crippen molar-refractivity contribution in [3.63, 3.8) is 0 Å². The monoisotopic (exact) mass is 435 g/mol. The first-order chi connectivity index (χ1) is 15.5. The molecule has 0 aliphatic rings. The number of ether oxygens (including phenoxy) is 1. The molecule has 32 heavy (non-hydrogen) atoms. The molecule has 2 aromatic heterocycles. The molecule has 0 aliphatic heterocycles. The Morgan fingerprint density at radius 1 is 1.09 bits per heavy atom. The van der Waals surface area contributed by atoms with E-state index in [-0.39, 0.29) is 34.6 Å². The van der Waals surface area contributed by atoms with Crippen molar-refractivity contribution in [3.05, 3.63) is 71.7 Å². The van der Waals surface area contributed by atoms with Crippen molar-refractivity contribution in [2.45, 2.75) is 13.8 Å². The molecule has 162 valence electrons. The molecule has 9 heteroatoms. The minimum Gasteiger partial charge on any atom is -0.493 e. The number of nitrogens with one attached hydrogen (secondary N) is 1. The lowest BCUT2D eigenvalue weighted by Crippen LogP contribution is -2.15. The molecule has 4 rings (SSSR count). The Hall–Kier alpha value is -4.27. The van der Waals surface area contributed by atoms with Gasteiger partial charge in [0, 0.05) is 11.1 Å². The molecule has 8 nitrogen and oxygen atoms in total. The number of ketones is 1. The van der Waals surface area contributed by atoms with Crippen molar-refractivity contribution in [2.24, 2.45) is 0 Å². The number of anilines is 1. The predicted octanol–water partition coefficient (Wildman–Crippen LogP) is 4.99. The highest BCUT2D eigenvalue weighted by atomic mass is 19.1. The van der Waals surface area contributed by atoms with Crippen LogP contribution in [-0.4, -0.2) is 28.5 Å². The molecule has 0 aliphatic carbocycles. The topological polar surface area (TPSA) is 107 Å². The fraction of sp³-hybridized carbons (Fsp3) is 0.130. The minimum atomic E-state index is -0.659. The van der Waals surface area contributed by atoms with Gasteiger partial charge >= 0.3 is 0 Å². The van der Waals surface area contributed by atoms with Gasteiger partial charge in [0.05, 0.1) is 24.1 Å². The molecule has 0 fully saturated rings. The maximum Gasteiger partial charge on any atom is 0.283 e. The van der Waals surface area contributed by atoms with E-state index in [0.29, 0.717) is 23.5 Å². The second-order valence-corrected chi connectivity index (χ2v) is 6.74. The molecule has 0 saturated heterocycles. The molecule has 2 heterocycles. The van der Waals surface area contributed by atoms with Crippen LogP contribution < -0.4 is 10.1 Å². The van der Waals surface area contributed by atoms with Gasteiger partial charge < -0.3 is 18.9 Å². The van der Waals surface area contributed by atoms with Crippen LogP contribution in [0, 0.1) is 5.82 Å². The highest BCUT2D eigenvalue weighted by Crippen LogP contribution is 2.28. The molecule has 0 atom stereocenters. The Morgan fingerprint density at radius 3 is 2.62 bits per heavy atom. The van der Waals surface area contributed by atoms with E-state index in [4.69, 9.17) is 13.6 Å². The Morgan fingerprint density at radius 2 is 1.91 bits per heavy atom. The fourth-order valence-corrected chi connectivity index (χ4v) is 2.99. The Bertz CT molecular complexity index is 1280. The number of nitrogens with zero attached hydrogens (tertiary/aromatic N) is 2. The van der Waals surface area contributed by atoms with Crippen LogP contribution >= 0.6 is 0 Å². The van der Waals surface area contributed by atoms with Crippen LogP contribution in [-0.2, 0) is 0 Å². The van der Waals surface area contributed by atoms with E-state index in [1.54, 1.807) is 25.1 Å². The predicted molar refractivity (Wildman–Crippen MR) is 113 cm³/mol. The highest BCUT2D eigenvalue weighted by Gasteiger charge is 2.19. The van der Waals surface area contributed by atoms with E-state index in [0.717, 1.165) is 0 Å². The second kappa shape index (κ2) is 8.84. The van der Waals surface area contributed by atoms with Crippen molar-refractivity contribution in [2.75, 3.05) is 11.9 Å². The summed E-state index contributed by atoms with van der Waals surface area (Å²) < 4.78 is 30.8. The lowest BCUT2D eigenvalue weighted by atomic mass is 10.1. The van der Waals surface area contributed by atoms with Gasteiger partial charge in [0.2, 0.25) is 5.89 Å². The zero-order valence-corrected chi connectivity index (χ0v) is 17.2. The van der Waals surface area contributed by atoms with Gasteiger partial charge in [0.25, 0.3) is 11.8 Å². The minimum absolute atomic E-state index is 0.0964. The summed E-state index contributed by atoms with van der Waals surface area (Å²) in [6.45, 7) is 3.48. The summed E-state index contributed by atoms with van der Waals surface area (Å²) in [5.74, 6) is -0.524. The first kappa shape index (κ1) is 21.0. The number of hydrogen-bond donors (Lipinski definition) is 1. The molecule has 1 N–H and O–H groups in total. The first-order valence-corrected chi connectivity index (χ1v) is 9.72. The van der Waals surface area contributed by atoms with Gasteiger partial charge in [-0.3, -0.25) is 9.59 Å². The standard InChI is InChI=1S/C23H18FN3O5/c1-3-30-19-9-7-14(13(2)28)11-16(19)21(29)25-18-12-15(6-8-17(18)24)22-26-27-23(32-22)20-5-4-10-31-20/h4-12H,3H2,1-2H3,(H,25,29). The molecule has 0 radical (unpaired) electrons. The lowest BCUT2D eigenvalue weighted by Gasteiger charge is -2.12. The number of amides is 1. The van der Waals surface area contributed by atoms with Gasteiger partial charge in [-0.15, -0.1) is 10.2 Å². The number of Topliss-reactive ketones (excluding diaryl/α,β-unsaturated/α-hetero) is 1. The summed E-state index contributed by atoms with van der Waals surface area (Å²) >= 11 is 0. The van der Waals surface area contributed by atoms with Crippen LogP contribution in [0.4, 0.5) is 10.1 Å². The van der Waals surface area contributed by atoms with Crippen LogP contribution in [0.3, 0.4) is 0 Å². The fourth-order valence-electron chi connectivity index (χ4n) is 2.99. The number of hydrogen-bond acceptors (Lipinski definition) is 7. The largest absolute Gasteiger partial charge is 0.493 e. The normalized spacial score (nSPS) is 10.7. The highest BCUT2D eigenvalue weighted by molar-refractivity contribution is 6.08. The number of furan rings is 1. The van der Waals surface area contributed by atoms with Crippen LogP contribution in [0.15, 0.2) is 63.6 Å². The summed E-state index contributed by atoms with van der Waals surface area (Å²) in [5.41, 5.74) is 0.752. The SMILES string of the molecule is CCOc1ccc(C(C)=O)cc1C(=O)Nc1cc(-c2nnc(-c3ccco3)o2)ccc1F. The number of rotatable bonds is 7. The van der Waals surface area contributed by atoms with Gasteiger partial charge in [0.15, 0.2) is 11.5 Å². The summed E-state index contributed by atoms with van der Waals surface area (Å²) in [4.78, 5) is 24.6. The molecule has 0 spiro atoms. The number of aromatic nitrogens is 2. The van der Waals surface area contributed by atoms with Crippen LogP contribution in [0.2, 0.25) is 0 Å². The maximum absolute atomic E-state index is 14.5. The Balaban J connectivity index is 1.63. The van der Waals surface area contributed by atoms with E-state index < -0.39 is 11.7 Å². The molecule has 4 aromatic rings. The smallest absolute Gasteiger partial charge is 0.283 e. The van der Waals surface area contributed by atoms with Crippen LogP contribution in [0.5, 0.6) is 5.75 Å². The molecular formula is C23H18FN3O5.